The zero-order valence-electron chi connectivity index (χ0n) is 10.4. The average molecular weight is 278 g/mol. The fraction of sp³-hybridized carbons (Fsp3) is 0.250. The molecule has 0 spiro atoms. The van der Waals surface area contributed by atoms with Crippen LogP contribution in [0.15, 0.2) is 18.2 Å². The van der Waals surface area contributed by atoms with Crippen LogP contribution in [0.5, 0.6) is 0 Å². The molecule has 0 saturated carbocycles. The second-order valence-corrected chi connectivity index (χ2v) is 5.05. The highest BCUT2D eigenvalue weighted by atomic mass is 32.1. The Labute approximate surface area is 114 Å². The molecule has 0 unspecified atom stereocenters. The van der Waals surface area contributed by atoms with E-state index in [0.29, 0.717) is 5.13 Å². The Hall–Kier alpha value is -1.99. The molecule has 19 heavy (non-hydrogen) atoms. The lowest BCUT2D eigenvalue weighted by atomic mass is 10.2. The summed E-state index contributed by atoms with van der Waals surface area (Å²) >= 11 is 1.40. The van der Waals surface area contributed by atoms with E-state index >= 15 is 0 Å². The van der Waals surface area contributed by atoms with Crippen molar-refractivity contribution in [3.05, 3.63) is 23.8 Å². The minimum atomic E-state index is -0.366. The highest BCUT2D eigenvalue weighted by molar-refractivity contribution is 7.22. The first kappa shape index (κ1) is 13.4. The molecule has 7 heteroatoms. The predicted molar refractivity (Wildman–Crippen MR) is 75.1 cm³/mol. The number of fused-ring (bicyclic) bond motifs is 1. The Morgan fingerprint density at radius 3 is 2.89 bits per heavy atom. The number of thiazole rings is 1. The lowest BCUT2D eigenvalue weighted by molar-refractivity contribution is -0.123. The molecule has 2 aromatic rings. The Morgan fingerprint density at radius 2 is 2.16 bits per heavy atom. The van der Waals surface area contributed by atoms with Gasteiger partial charge in [-0.3, -0.25) is 9.59 Å². The normalized spacial score (nSPS) is 10.4. The minimum absolute atomic E-state index is 0.106. The smallest absolute Gasteiger partial charge is 0.245 e. The van der Waals surface area contributed by atoms with Gasteiger partial charge < -0.3 is 16.4 Å². The van der Waals surface area contributed by atoms with Crippen LogP contribution >= 0.6 is 11.3 Å². The number of amides is 2. The minimum Gasteiger partial charge on any atom is -0.346 e. The highest BCUT2D eigenvalue weighted by Crippen LogP contribution is 2.26. The third kappa shape index (κ3) is 3.49. The quantitative estimate of drug-likeness (QED) is 0.763. The van der Waals surface area contributed by atoms with Crippen LogP contribution in [-0.2, 0) is 9.59 Å². The van der Waals surface area contributed by atoms with Crippen LogP contribution in [0.4, 0.5) is 5.13 Å². The van der Waals surface area contributed by atoms with Crippen molar-refractivity contribution < 1.29 is 9.59 Å². The van der Waals surface area contributed by atoms with E-state index < -0.39 is 0 Å². The molecule has 0 aliphatic rings. The molecular weight excluding hydrogens is 264 g/mol. The van der Waals surface area contributed by atoms with E-state index in [-0.39, 0.29) is 24.9 Å². The van der Waals surface area contributed by atoms with Crippen molar-refractivity contribution in [2.45, 2.75) is 6.92 Å². The maximum atomic E-state index is 11.6. The summed E-state index contributed by atoms with van der Waals surface area (Å²) in [6.45, 7) is 1.76. The van der Waals surface area contributed by atoms with Gasteiger partial charge in [0.05, 0.1) is 23.3 Å². The summed E-state index contributed by atoms with van der Waals surface area (Å²) < 4.78 is 1.02. The van der Waals surface area contributed by atoms with Gasteiger partial charge in [-0.05, 0) is 24.6 Å². The maximum absolute atomic E-state index is 11.6. The van der Waals surface area contributed by atoms with Crippen molar-refractivity contribution >= 4 is 38.5 Å². The van der Waals surface area contributed by atoms with E-state index in [9.17, 15) is 9.59 Å². The van der Waals surface area contributed by atoms with Crippen LogP contribution in [0, 0.1) is 6.92 Å². The summed E-state index contributed by atoms with van der Waals surface area (Å²) in [5, 5.41) is 5.56. The topological polar surface area (TPSA) is 97.1 Å². The van der Waals surface area contributed by atoms with Gasteiger partial charge in [0.25, 0.3) is 0 Å². The van der Waals surface area contributed by atoms with Crippen molar-refractivity contribution in [3.63, 3.8) is 0 Å². The molecule has 0 fully saturated rings. The van der Waals surface area contributed by atoms with Crippen molar-refractivity contribution in [1.29, 1.82) is 0 Å². The second kappa shape index (κ2) is 5.77. The van der Waals surface area contributed by atoms with E-state index in [1.165, 1.54) is 11.3 Å². The van der Waals surface area contributed by atoms with Gasteiger partial charge in [-0.2, -0.15) is 0 Å². The van der Waals surface area contributed by atoms with Gasteiger partial charge >= 0.3 is 0 Å². The van der Waals surface area contributed by atoms with Crippen LogP contribution in [0.25, 0.3) is 10.2 Å². The molecule has 0 atom stereocenters. The van der Waals surface area contributed by atoms with Gasteiger partial charge in [-0.1, -0.05) is 17.4 Å². The number of nitrogens with zero attached hydrogens (tertiary/aromatic N) is 1. The van der Waals surface area contributed by atoms with Crippen LogP contribution < -0.4 is 16.4 Å². The first-order valence-electron chi connectivity index (χ1n) is 5.72. The Balaban J connectivity index is 2.01. The molecule has 4 N–H and O–H groups in total. The fourth-order valence-corrected chi connectivity index (χ4v) is 2.48. The van der Waals surface area contributed by atoms with Gasteiger partial charge in [-0.15, -0.1) is 0 Å². The molecular formula is C12H14N4O2S. The van der Waals surface area contributed by atoms with Gasteiger partial charge in [0.1, 0.15) is 0 Å². The molecule has 1 heterocycles. The summed E-state index contributed by atoms with van der Waals surface area (Å²) in [6, 6.07) is 5.89. The number of benzene rings is 1. The molecule has 0 aliphatic carbocycles. The van der Waals surface area contributed by atoms with Gasteiger partial charge in [0, 0.05) is 0 Å². The number of hydrogen-bond acceptors (Lipinski definition) is 5. The second-order valence-electron chi connectivity index (χ2n) is 4.02. The fourth-order valence-electron chi connectivity index (χ4n) is 1.50. The van der Waals surface area contributed by atoms with Crippen molar-refractivity contribution in [3.8, 4) is 0 Å². The SMILES string of the molecule is Cc1ccc2nc(NC(=O)CNC(=O)CN)sc2c1. The number of carbonyl (C=O) groups excluding carboxylic acids is 2. The summed E-state index contributed by atoms with van der Waals surface area (Å²) in [4.78, 5) is 26.8. The molecule has 0 bridgehead atoms. The number of nitrogens with one attached hydrogen (secondary N) is 2. The van der Waals surface area contributed by atoms with Crippen LogP contribution in [0.3, 0.4) is 0 Å². The zero-order valence-corrected chi connectivity index (χ0v) is 11.2. The Kier molecular flexibility index (Phi) is 4.08. The molecule has 100 valence electrons. The van der Waals surface area contributed by atoms with E-state index in [1.54, 1.807) is 0 Å². The van der Waals surface area contributed by atoms with Crippen LogP contribution in [-0.4, -0.2) is 29.9 Å². The lowest BCUT2D eigenvalue weighted by Gasteiger charge is -2.02. The molecule has 6 nitrogen and oxygen atoms in total. The third-order valence-electron chi connectivity index (χ3n) is 2.42. The molecule has 1 aromatic heterocycles. The zero-order chi connectivity index (χ0) is 13.8. The van der Waals surface area contributed by atoms with Gasteiger partial charge in [-0.25, -0.2) is 4.98 Å². The van der Waals surface area contributed by atoms with Gasteiger partial charge in [0.15, 0.2) is 5.13 Å². The number of aryl methyl sites for hydroxylation is 1. The Bertz CT molecular complexity index is 623. The number of aromatic nitrogens is 1. The van der Waals surface area contributed by atoms with Gasteiger partial charge in [0.2, 0.25) is 11.8 Å². The summed E-state index contributed by atoms with van der Waals surface area (Å²) in [7, 11) is 0. The lowest BCUT2D eigenvalue weighted by Crippen LogP contribution is -2.36. The number of anilines is 1. The van der Waals surface area contributed by atoms with Crippen molar-refractivity contribution in [2.24, 2.45) is 5.73 Å². The maximum Gasteiger partial charge on any atom is 0.245 e. The molecule has 1 aromatic carbocycles. The van der Waals surface area contributed by atoms with E-state index in [2.05, 4.69) is 15.6 Å². The predicted octanol–water partition coefficient (Wildman–Crippen LogP) is 0.618. The van der Waals surface area contributed by atoms with E-state index in [0.717, 1.165) is 15.8 Å². The average Bonchev–Trinajstić information content (AvgIpc) is 2.77. The van der Waals surface area contributed by atoms with Crippen molar-refractivity contribution in [1.82, 2.24) is 10.3 Å². The molecule has 0 radical (unpaired) electrons. The highest BCUT2D eigenvalue weighted by Gasteiger charge is 2.08. The number of rotatable bonds is 4. The number of nitrogens with two attached hydrogens (primary N) is 1. The summed E-state index contributed by atoms with van der Waals surface area (Å²) in [6.07, 6.45) is 0. The monoisotopic (exact) mass is 278 g/mol. The Morgan fingerprint density at radius 1 is 1.37 bits per heavy atom. The van der Waals surface area contributed by atoms with Crippen LogP contribution in [0.1, 0.15) is 5.56 Å². The first-order chi connectivity index (χ1) is 9.08. The summed E-state index contributed by atoms with van der Waals surface area (Å²) in [5.74, 6) is -0.687. The summed E-state index contributed by atoms with van der Waals surface area (Å²) in [5.41, 5.74) is 7.11. The standard InChI is InChI=1S/C12H14N4O2S/c1-7-2-3-8-9(4-7)19-12(15-8)16-11(18)6-14-10(17)5-13/h2-4H,5-6,13H2,1H3,(H,14,17)(H,15,16,18). The molecule has 0 saturated heterocycles. The number of carbonyl (C=O) groups is 2. The largest absolute Gasteiger partial charge is 0.346 e. The number of hydrogen-bond donors (Lipinski definition) is 3. The molecule has 2 amide bonds. The van der Waals surface area contributed by atoms with E-state index in [1.807, 2.05) is 25.1 Å². The molecule has 0 aliphatic heterocycles. The van der Waals surface area contributed by atoms with Crippen molar-refractivity contribution in [2.75, 3.05) is 18.4 Å². The molecule has 2 rings (SSSR count). The van der Waals surface area contributed by atoms with Crippen LogP contribution in [0.2, 0.25) is 0 Å². The third-order valence-corrected chi connectivity index (χ3v) is 3.36. The van der Waals surface area contributed by atoms with E-state index in [4.69, 9.17) is 5.73 Å². The first-order valence-corrected chi connectivity index (χ1v) is 6.54.